The first-order valence-corrected chi connectivity index (χ1v) is 3.67. The molecule has 0 aliphatic rings. The molecule has 0 nitrogen and oxygen atoms in total. The molecule has 0 spiro atoms. The topological polar surface area (TPSA) is 0 Å². The van der Waals surface area contributed by atoms with E-state index >= 15 is 0 Å². The second kappa shape index (κ2) is 3.71. The predicted octanol–water partition coefficient (Wildman–Crippen LogP) is 3.39. The van der Waals surface area contributed by atoms with Crippen molar-refractivity contribution in [1.29, 1.82) is 0 Å². The summed E-state index contributed by atoms with van der Waals surface area (Å²) < 4.78 is 0. The zero-order valence-corrected chi connectivity index (χ0v) is 6.91. The molecule has 0 fully saturated rings. The molecular formula is C9H18. The lowest BCUT2D eigenvalue weighted by Crippen LogP contribution is -2.03. The summed E-state index contributed by atoms with van der Waals surface area (Å²) in [5.74, 6) is 0. The van der Waals surface area contributed by atoms with Gasteiger partial charge in [-0.3, -0.25) is 0 Å². The van der Waals surface area contributed by atoms with E-state index in [1.807, 2.05) is 6.08 Å². The molecule has 0 heteroatoms. The van der Waals surface area contributed by atoms with Crippen molar-refractivity contribution in [2.75, 3.05) is 0 Å². The molecule has 0 saturated heterocycles. The largest absolute Gasteiger partial charge is 0.103 e. The van der Waals surface area contributed by atoms with Crippen LogP contribution >= 0.6 is 0 Å². The van der Waals surface area contributed by atoms with Gasteiger partial charge in [0, 0.05) is 0 Å². The second-order valence-electron chi connectivity index (χ2n) is 3.74. The molecule has 0 aromatic heterocycles. The molecule has 0 saturated carbocycles. The van der Waals surface area contributed by atoms with Gasteiger partial charge in [-0.05, 0) is 24.7 Å². The van der Waals surface area contributed by atoms with E-state index in [4.69, 9.17) is 0 Å². The van der Waals surface area contributed by atoms with Gasteiger partial charge in [-0.1, -0.05) is 26.8 Å². The summed E-state index contributed by atoms with van der Waals surface area (Å²) in [5.41, 5.74) is 0.503. The van der Waals surface area contributed by atoms with E-state index in [2.05, 4.69) is 27.4 Å². The molecule has 9 heavy (non-hydrogen) atoms. The van der Waals surface area contributed by atoms with Gasteiger partial charge in [-0.2, -0.15) is 0 Å². The van der Waals surface area contributed by atoms with Crippen LogP contribution in [0.2, 0.25) is 0 Å². The Bertz CT molecular complexity index is 74.5. The van der Waals surface area contributed by atoms with Crippen molar-refractivity contribution in [3.63, 3.8) is 0 Å². The molecule has 0 aromatic rings. The standard InChI is InChI=1S/C9H18/c1-5-6-7-8-9(2,3)4/h5H,1,6-8H2,2-4H3. The zero-order valence-electron chi connectivity index (χ0n) is 6.91. The SMILES string of the molecule is C=CCCCC(C)(C)C. The molecule has 0 unspecified atom stereocenters. The van der Waals surface area contributed by atoms with Crippen LogP contribution in [-0.4, -0.2) is 0 Å². The number of rotatable bonds is 3. The van der Waals surface area contributed by atoms with Crippen LogP contribution in [0.1, 0.15) is 40.0 Å². The average Bonchev–Trinajstić information content (AvgIpc) is 1.63. The van der Waals surface area contributed by atoms with Gasteiger partial charge in [0.1, 0.15) is 0 Å². The van der Waals surface area contributed by atoms with E-state index in [-0.39, 0.29) is 0 Å². The molecule has 0 N–H and O–H groups in total. The van der Waals surface area contributed by atoms with Crippen molar-refractivity contribution in [1.82, 2.24) is 0 Å². The summed E-state index contributed by atoms with van der Waals surface area (Å²) in [6.07, 6.45) is 5.75. The first kappa shape index (κ1) is 8.74. The Kier molecular flexibility index (Phi) is 3.60. The quantitative estimate of drug-likeness (QED) is 0.401. The third-order valence-electron chi connectivity index (χ3n) is 1.34. The summed E-state index contributed by atoms with van der Waals surface area (Å²) >= 11 is 0. The molecule has 0 amide bonds. The van der Waals surface area contributed by atoms with E-state index in [1.54, 1.807) is 0 Å². The predicted molar refractivity (Wildman–Crippen MR) is 43.5 cm³/mol. The fourth-order valence-corrected chi connectivity index (χ4v) is 0.777. The molecule has 0 rings (SSSR count). The summed E-state index contributed by atoms with van der Waals surface area (Å²) in [6.45, 7) is 10.5. The van der Waals surface area contributed by atoms with E-state index in [9.17, 15) is 0 Å². The Labute approximate surface area is 59.0 Å². The number of allylic oxidation sites excluding steroid dienone is 1. The van der Waals surface area contributed by atoms with E-state index in [0.717, 1.165) is 6.42 Å². The smallest absolute Gasteiger partial charge is 0.0353 e. The highest BCUT2D eigenvalue weighted by molar-refractivity contribution is 4.69. The van der Waals surface area contributed by atoms with Gasteiger partial charge < -0.3 is 0 Å². The van der Waals surface area contributed by atoms with Gasteiger partial charge in [0.25, 0.3) is 0 Å². The first-order valence-electron chi connectivity index (χ1n) is 3.67. The summed E-state index contributed by atoms with van der Waals surface area (Å²) in [4.78, 5) is 0. The lowest BCUT2D eigenvalue weighted by molar-refractivity contribution is 0.367. The fourth-order valence-electron chi connectivity index (χ4n) is 0.777. The second-order valence-corrected chi connectivity index (χ2v) is 3.74. The van der Waals surface area contributed by atoms with Crippen LogP contribution in [0, 0.1) is 5.41 Å². The molecule has 0 aromatic carbocycles. The molecule has 0 heterocycles. The Balaban J connectivity index is 3.17. The van der Waals surface area contributed by atoms with Crippen LogP contribution in [-0.2, 0) is 0 Å². The van der Waals surface area contributed by atoms with Gasteiger partial charge >= 0.3 is 0 Å². The third-order valence-corrected chi connectivity index (χ3v) is 1.34. The van der Waals surface area contributed by atoms with Crippen molar-refractivity contribution in [3.8, 4) is 0 Å². The van der Waals surface area contributed by atoms with Crippen LogP contribution in [0.5, 0.6) is 0 Å². The fraction of sp³-hybridized carbons (Fsp3) is 0.778. The monoisotopic (exact) mass is 126 g/mol. The Morgan fingerprint density at radius 1 is 1.33 bits per heavy atom. The van der Waals surface area contributed by atoms with Gasteiger partial charge in [-0.15, -0.1) is 6.58 Å². The van der Waals surface area contributed by atoms with Gasteiger partial charge in [0.15, 0.2) is 0 Å². The van der Waals surface area contributed by atoms with Crippen LogP contribution < -0.4 is 0 Å². The molecular weight excluding hydrogens is 108 g/mol. The lowest BCUT2D eigenvalue weighted by atomic mass is 9.90. The normalized spacial score (nSPS) is 11.4. The lowest BCUT2D eigenvalue weighted by Gasteiger charge is -2.16. The Hall–Kier alpha value is -0.260. The maximum absolute atomic E-state index is 3.68. The number of unbranched alkanes of at least 4 members (excludes halogenated alkanes) is 1. The van der Waals surface area contributed by atoms with E-state index in [0.29, 0.717) is 5.41 Å². The minimum atomic E-state index is 0.503. The minimum Gasteiger partial charge on any atom is -0.103 e. The third kappa shape index (κ3) is 7.74. The number of hydrogen-bond donors (Lipinski definition) is 0. The Morgan fingerprint density at radius 2 is 1.89 bits per heavy atom. The summed E-state index contributed by atoms with van der Waals surface area (Å²) in [7, 11) is 0. The molecule has 0 bridgehead atoms. The molecule has 54 valence electrons. The van der Waals surface area contributed by atoms with Crippen molar-refractivity contribution < 1.29 is 0 Å². The van der Waals surface area contributed by atoms with Gasteiger partial charge in [0.05, 0.1) is 0 Å². The first-order chi connectivity index (χ1) is 4.06. The maximum Gasteiger partial charge on any atom is -0.0353 e. The molecule has 0 aliphatic heterocycles. The summed E-state index contributed by atoms with van der Waals surface area (Å²) in [5, 5.41) is 0. The van der Waals surface area contributed by atoms with Gasteiger partial charge in [0.2, 0.25) is 0 Å². The van der Waals surface area contributed by atoms with Crippen molar-refractivity contribution in [3.05, 3.63) is 12.7 Å². The minimum absolute atomic E-state index is 0.503. The van der Waals surface area contributed by atoms with Crippen molar-refractivity contribution >= 4 is 0 Å². The zero-order chi connectivity index (χ0) is 7.33. The highest BCUT2D eigenvalue weighted by Crippen LogP contribution is 2.21. The van der Waals surface area contributed by atoms with E-state index < -0.39 is 0 Å². The van der Waals surface area contributed by atoms with Gasteiger partial charge in [-0.25, -0.2) is 0 Å². The molecule has 0 aliphatic carbocycles. The highest BCUT2D eigenvalue weighted by atomic mass is 14.1. The van der Waals surface area contributed by atoms with Crippen molar-refractivity contribution in [2.24, 2.45) is 5.41 Å². The average molecular weight is 126 g/mol. The van der Waals surface area contributed by atoms with Crippen LogP contribution in [0.3, 0.4) is 0 Å². The van der Waals surface area contributed by atoms with Crippen LogP contribution in [0.15, 0.2) is 12.7 Å². The number of hydrogen-bond acceptors (Lipinski definition) is 0. The van der Waals surface area contributed by atoms with E-state index in [1.165, 1.54) is 12.8 Å². The maximum atomic E-state index is 3.68. The molecule has 0 radical (unpaired) electrons. The summed E-state index contributed by atoms with van der Waals surface area (Å²) in [6, 6.07) is 0. The molecule has 0 atom stereocenters. The van der Waals surface area contributed by atoms with Crippen LogP contribution in [0.25, 0.3) is 0 Å². The van der Waals surface area contributed by atoms with Crippen molar-refractivity contribution in [2.45, 2.75) is 40.0 Å². The Morgan fingerprint density at radius 3 is 2.22 bits per heavy atom. The van der Waals surface area contributed by atoms with Crippen LogP contribution in [0.4, 0.5) is 0 Å². The highest BCUT2D eigenvalue weighted by Gasteiger charge is 2.07.